The van der Waals surface area contributed by atoms with Gasteiger partial charge in [-0.25, -0.2) is 0 Å². The van der Waals surface area contributed by atoms with Gasteiger partial charge < -0.3 is 0 Å². The second kappa shape index (κ2) is 19.8. The predicted octanol–water partition coefficient (Wildman–Crippen LogP) is 8.99. The molecule has 23 heavy (non-hydrogen) atoms. The van der Waals surface area contributed by atoms with Gasteiger partial charge in [-0.2, -0.15) is 0 Å². The van der Waals surface area contributed by atoms with Gasteiger partial charge in [0.2, 0.25) is 0 Å². The minimum Gasteiger partial charge on any atom is -0.0856 e. The fourth-order valence-corrected chi connectivity index (χ4v) is 3.27. The second-order valence-electron chi connectivity index (χ2n) is 7.54. The molecule has 138 valence electrons. The van der Waals surface area contributed by atoms with Crippen molar-refractivity contribution in [2.75, 3.05) is 0 Å². The van der Waals surface area contributed by atoms with Gasteiger partial charge in [0.15, 0.2) is 0 Å². The number of hydrogen-bond acceptors (Lipinski definition) is 0. The van der Waals surface area contributed by atoms with Crippen molar-refractivity contribution in [1.29, 1.82) is 0 Å². The van der Waals surface area contributed by atoms with E-state index in [9.17, 15) is 0 Å². The maximum absolute atomic E-state index is 2.51. The maximum atomic E-state index is 2.51. The summed E-state index contributed by atoms with van der Waals surface area (Å²) in [6.07, 6.45) is 28.1. The van der Waals surface area contributed by atoms with Crippen molar-refractivity contribution in [3.05, 3.63) is 11.6 Å². The molecule has 0 aromatic carbocycles. The molecular formula is C23H46. The average Bonchev–Trinajstić information content (AvgIpc) is 2.55. The van der Waals surface area contributed by atoms with Gasteiger partial charge in [-0.15, -0.1) is 0 Å². The van der Waals surface area contributed by atoms with Crippen LogP contribution in [-0.4, -0.2) is 0 Å². The molecule has 0 heterocycles. The molecule has 0 saturated carbocycles. The highest BCUT2D eigenvalue weighted by atomic mass is 14.0. The van der Waals surface area contributed by atoms with Crippen LogP contribution in [0.2, 0.25) is 0 Å². The van der Waals surface area contributed by atoms with E-state index >= 15 is 0 Å². The molecule has 0 heteroatoms. The molecule has 0 aliphatic carbocycles. The molecule has 0 N–H and O–H groups in total. The lowest BCUT2D eigenvalue weighted by atomic mass is 10.0. The van der Waals surface area contributed by atoms with E-state index < -0.39 is 0 Å². The first-order valence-corrected chi connectivity index (χ1v) is 11.0. The van der Waals surface area contributed by atoms with Gasteiger partial charge in [-0.05, 0) is 32.6 Å². The van der Waals surface area contributed by atoms with Gasteiger partial charge in [-0.1, -0.05) is 115 Å². The fourth-order valence-electron chi connectivity index (χ4n) is 3.27. The molecule has 0 aliphatic heterocycles. The van der Waals surface area contributed by atoms with Crippen LogP contribution in [0.1, 0.15) is 136 Å². The van der Waals surface area contributed by atoms with E-state index in [1.165, 1.54) is 116 Å². The molecule has 0 nitrogen and oxygen atoms in total. The van der Waals surface area contributed by atoms with Gasteiger partial charge in [0.1, 0.15) is 0 Å². The highest BCUT2D eigenvalue weighted by Gasteiger charge is 1.95. The van der Waals surface area contributed by atoms with E-state index in [1.54, 1.807) is 5.57 Å². The van der Waals surface area contributed by atoms with E-state index in [-0.39, 0.29) is 0 Å². The number of hydrogen-bond donors (Lipinski definition) is 0. The Balaban J connectivity index is 3.22. The van der Waals surface area contributed by atoms with Crippen LogP contribution in [0.5, 0.6) is 0 Å². The molecule has 0 fully saturated rings. The largest absolute Gasteiger partial charge is 0.0856 e. The Bertz CT molecular complexity index is 238. The summed E-state index contributed by atoms with van der Waals surface area (Å²) in [6.45, 7) is 6.93. The van der Waals surface area contributed by atoms with Gasteiger partial charge in [-0.3, -0.25) is 0 Å². The zero-order valence-corrected chi connectivity index (χ0v) is 16.8. The Morgan fingerprint density at radius 1 is 0.522 bits per heavy atom. The van der Waals surface area contributed by atoms with E-state index in [0.29, 0.717) is 0 Å². The lowest BCUT2D eigenvalue weighted by Gasteiger charge is -2.04. The van der Waals surface area contributed by atoms with Crippen molar-refractivity contribution in [3.63, 3.8) is 0 Å². The molecule has 0 rings (SSSR count). The summed E-state index contributed by atoms with van der Waals surface area (Å²) in [5.74, 6) is 0. The Kier molecular flexibility index (Phi) is 19.6. The lowest BCUT2D eigenvalue weighted by Crippen LogP contribution is -1.84. The molecule has 0 atom stereocenters. The van der Waals surface area contributed by atoms with E-state index in [4.69, 9.17) is 0 Å². The SMILES string of the molecule is CCCCCCCC/C=C(\C)CCCCCCCCCCCC. The Morgan fingerprint density at radius 2 is 0.913 bits per heavy atom. The van der Waals surface area contributed by atoms with Crippen LogP contribution in [0.4, 0.5) is 0 Å². The van der Waals surface area contributed by atoms with E-state index in [1.807, 2.05) is 0 Å². The van der Waals surface area contributed by atoms with Crippen LogP contribution in [-0.2, 0) is 0 Å². The van der Waals surface area contributed by atoms with Crippen molar-refractivity contribution in [3.8, 4) is 0 Å². The highest BCUT2D eigenvalue weighted by molar-refractivity contribution is 4.97. The Morgan fingerprint density at radius 3 is 1.39 bits per heavy atom. The van der Waals surface area contributed by atoms with Crippen molar-refractivity contribution in [2.45, 2.75) is 136 Å². The molecule has 0 bridgehead atoms. The van der Waals surface area contributed by atoms with Crippen molar-refractivity contribution in [2.24, 2.45) is 0 Å². The Hall–Kier alpha value is -0.260. The fraction of sp³-hybridized carbons (Fsp3) is 0.913. The van der Waals surface area contributed by atoms with Gasteiger partial charge in [0.05, 0.1) is 0 Å². The summed E-state index contributed by atoms with van der Waals surface area (Å²) < 4.78 is 0. The topological polar surface area (TPSA) is 0 Å². The third-order valence-corrected chi connectivity index (χ3v) is 4.98. The number of rotatable bonds is 18. The molecule has 0 aromatic heterocycles. The van der Waals surface area contributed by atoms with Crippen LogP contribution in [0.25, 0.3) is 0 Å². The minimum absolute atomic E-state index is 1.32. The maximum Gasteiger partial charge on any atom is -0.0323 e. The van der Waals surface area contributed by atoms with E-state index in [2.05, 4.69) is 26.8 Å². The average molecular weight is 323 g/mol. The van der Waals surface area contributed by atoms with Crippen molar-refractivity contribution in [1.82, 2.24) is 0 Å². The molecule has 0 aromatic rings. The molecule has 0 aliphatic rings. The molecular weight excluding hydrogens is 276 g/mol. The van der Waals surface area contributed by atoms with Gasteiger partial charge in [0.25, 0.3) is 0 Å². The van der Waals surface area contributed by atoms with Crippen molar-refractivity contribution >= 4 is 0 Å². The zero-order valence-electron chi connectivity index (χ0n) is 16.8. The van der Waals surface area contributed by atoms with Crippen LogP contribution in [0.3, 0.4) is 0 Å². The molecule has 0 saturated heterocycles. The van der Waals surface area contributed by atoms with Gasteiger partial charge >= 0.3 is 0 Å². The summed E-state index contributed by atoms with van der Waals surface area (Å²) >= 11 is 0. The molecule has 0 spiro atoms. The highest BCUT2D eigenvalue weighted by Crippen LogP contribution is 2.15. The minimum atomic E-state index is 1.32. The lowest BCUT2D eigenvalue weighted by molar-refractivity contribution is 0.555. The first-order chi connectivity index (χ1) is 11.3. The summed E-state index contributed by atoms with van der Waals surface area (Å²) in [4.78, 5) is 0. The standard InChI is InChI=1S/C23H46/c1-4-6-8-10-12-13-14-16-18-20-22-23(3)21-19-17-15-11-9-7-5-2/h21H,4-20,22H2,1-3H3/b23-21+. The summed E-state index contributed by atoms with van der Waals surface area (Å²) in [5.41, 5.74) is 1.64. The number of unbranched alkanes of at least 4 members (excludes halogenated alkanes) is 15. The van der Waals surface area contributed by atoms with E-state index in [0.717, 1.165) is 0 Å². The van der Waals surface area contributed by atoms with Gasteiger partial charge in [0, 0.05) is 0 Å². The van der Waals surface area contributed by atoms with Crippen molar-refractivity contribution < 1.29 is 0 Å². The molecule has 0 radical (unpaired) electrons. The summed E-state index contributed by atoms with van der Waals surface area (Å²) in [5, 5.41) is 0. The zero-order chi connectivity index (χ0) is 17.0. The molecule has 0 amide bonds. The monoisotopic (exact) mass is 322 g/mol. The summed E-state index contributed by atoms with van der Waals surface area (Å²) in [6, 6.07) is 0. The quantitative estimate of drug-likeness (QED) is 0.174. The third-order valence-electron chi connectivity index (χ3n) is 4.98. The summed E-state index contributed by atoms with van der Waals surface area (Å²) in [7, 11) is 0. The second-order valence-corrected chi connectivity index (χ2v) is 7.54. The Labute approximate surface area is 148 Å². The number of allylic oxidation sites excluding steroid dienone is 2. The normalized spacial score (nSPS) is 12.0. The van der Waals surface area contributed by atoms with Crippen LogP contribution in [0, 0.1) is 0 Å². The van der Waals surface area contributed by atoms with Crippen LogP contribution < -0.4 is 0 Å². The predicted molar refractivity (Wildman–Crippen MR) is 108 cm³/mol. The third kappa shape index (κ3) is 19.7. The smallest absolute Gasteiger partial charge is 0.0323 e. The first kappa shape index (κ1) is 22.7. The van der Waals surface area contributed by atoms with Crippen LogP contribution in [0.15, 0.2) is 11.6 Å². The molecule has 0 unspecified atom stereocenters. The van der Waals surface area contributed by atoms with Crippen LogP contribution >= 0.6 is 0 Å². The first-order valence-electron chi connectivity index (χ1n) is 11.0.